The summed E-state index contributed by atoms with van der Waals surface area (Å²) < 4.78 is 2.09. The summed E-state index contributed by atoms with van der Waals surface area (Å²) in [6, 6.07) is 6.53. The predicted octanol–water partition coefficient (Wildman–Crippen LogP) is 3.15. The number of hydrogen-bond acceptors (Lipinski definition) is 2. The third kappa shape index (κ3) is 1.54. The monoisotopic (exact) mass is 241 g/mol. The minimum atomic E-state index is 0.931. The van der Waals surface area contributed by atoms with Crippen LogP contribution >= 0.6 is 0 Å². The molecule has 0 unspecified atom stereocenters. The molecule has 18 heavy (non-hydrogen) atoms. The van der Waals surface area contributed by atoms with Gasteiger partial charge in [-0.05, 0) is 44.4 Å². The molecule has 0 fully saturated rings. The maximum atomic E-state index is 4.63. The van der Waals surface area contributed by atoms with Crippen molar-refractivity contribution in [2.45, 2.75) is 33.7 Å². The van der Waals surface area contributed by atoms with Crippen LogP contribution < -0.4 is 5.32 Å². The Labute approximate surface area is 108 Å². The van der Waals surface area contributed by atoms with Gasteiger partial charge in [0.25, 0.3) is 0 Å². The molecule has 0 amide bonds. The number of fused-ring (bicyclic) bond motifs is 1. The van der Waals surface area contributed by atoms with Gasteiger partial charge < -0.3 is 5.32 Å². The molecule has 94 valence electrons. The van der Waals surface area contributed by atoms with E-state index >= 15 is 0 Å². The number of nitrogens with one attached hydrogen (secondary N) is 1. The summed E-state index contributed by atoms with van der Waals surface area (Å²) in [5, 5.41) is 8.07. The molecule has 0 radical (unpaired) electrons. The highest BCUT2D eigenvalue weighted by atomic mass is 15.3. The molecule has 3 rings (SSSR count). The zero-order valence-electron chi connectivity index (χ0n) is 11.2. The second kappa shape index (κ2) is 4.16. The van der Waals surface area contributed by atoms with Gasteiger partial charge >= 0.3 is 0 Å². The average Bonchev–Trinajstić information content (AvgIpc) is 2.94. The topological polar surface area (TPSA) is 29.9 Å². The van der Waals surface area contributed by atoms with Crippen LogP contribution in [0.25, 0.3) is 11.1 Å². The largest absolute Gasteiger partial charge is 0.384 e. The Kier molecular flexibility index (Phi) is 2.62. The lowest BCUT2D eigenvalue weighted by molar-refractivity contribution is 0.634. The van der Waals surface area contributed by atoms with Crippen molar-refractivity contribution in [1.29, 1.82) is 0 Å². The van der Waals surface area contributed by atoms with E-state index in [2.05, 4.69) is 54.1 Å². The second-order valence-electron chi connectivity index (χ2n) is 4.87. The maximum absolute atomic E-state index is 4.63. The van der Waals surface area contributed by atoms with Crippen molar-refractivity contribution in [3.05, 3.63) is 35.2 Å². The normalized spacial score (nSPS) is 13.5. The molecule has 0 bridgehead atoms. The molecule has 1 aliphatic rings. The minimum Gasteiger partial charge on any atom is -0.384 e. The molecule has 0 saturated heterocycles. The van der Waals surface area contributed by atoms with Gasteiger partial charge in [-0.25, -0.2) is 0 Å². The Bertz CT molecular complexity index is 596. The van der Waals surface area contributed by atoms with Gasteiger partial charge in [-0.2, -0.15) is 5.10 Å². The highest BCUT2D eigenvalue weighted by molar-refractivity contribution is 5.78. The van der Waals surface area contributed by atoms with E-state index in [1.165, 1.54) is 28.1 Å². The van der Waals surface area contributed by atoms with Crippen LogP contribution in [-0.4, -0.2) is 16.3 Å². The second-order valence-corrected chi connectivity index (χ2v) is 4.87. The first-order chi connectivity index (χ1) is 8.72. The standard InChI is InChI=1S/C15H19N3/c1-4-18-11(3)15(10(2)17-18)13-6-5-7-14-12(13)8-9-16-14/h5-7,16H,4,8-9H2,1-3H3. The van der Waals surface area contributed by atoms with Crippen LogP contribution in [0.15, 0.2) is 18.2 Å². The molecule has 1 aliphatic heterocycles. The van der Waals surface area contributed by atoms with E-state index < -0.39 is 0 Å². The minimum absolute atomic E-state index is 0.931. The van der Waals surface area contributed by atoms with Crippen LogP contribution in [0.4, 0.5) is 5.69 Å². The summed E-state index contributed by atoms with van der Waals surface area (Å²) in [5.41, 5.74) is 7.81. The van der Waals surface area contributed by atoms with E-state index in [1.54, 1.807) is 0 Å². The Balaban J connectivity index is 2.22. The van der Waals surface area contributed by atoms with Gasteiger partial charge in [0.2, 0.25) is 0 Å². The quantitative estimate of drug-likeness (QED) is 0.875. The molecular formula is C15H19N3. The molecule has 2 heterocycles. The molecular weight excluding hydrogens is 222 g/mol. The van der Waals surface area contributed by atoms with Gasteiger partial charge in [0.15, 0.2) is 0 Å². The first-order valence-corrected chi connectivity index (χ1v) is 6.62. The van der Waals surface area contributed by atoms with Gasteiger partial charge in [0.05, 0.1) is 5.69 Å². The summed E-state index contributed by atoms with van der Waals surface area (Å²) in [4.78, 5) is 0. The molecule has 2 aromatic rings. The van der Waals surface area contributed by atoms with Gasteiger partial charge in [0, 0.05) is 30.0 Å². The summed E-state index contributed by atoms with van der Waals surface area (Å²) >= 11 is 0. The van der Waals surface area contributed by atoms with E-state index in [-0.39, 0.29) is 0 Å². The summed E-state index contributed by atoms with van der Waals surface area (Å²) in [7, 11) is 0. The first kappa shape index (κ1) is 11.3. The van der Waals surface area contributed by atoms with E-state index in [0.717, 1.165) is 25.2 Å². The molecule has 0 saturated carbocycles. The number of anilines is 1. The molecule has 3 nitrogen and oxygen atoms in total. The van der Waals surface area contributed by atoms with Crippen LogP contribution in [0, 0.1) is 13.8 Å². The van der Waals surface area contributed by atoms with E-state index in [4.69, 9.17) is 0 Å². The molecule has 0 spiro atoms. The van der Waals surface area contributed by atoms with Gasteiger partial charge in [-0.1, -0.05) is 12.1 Å². The smallest absolute Gasteiger partial charge is 0.0675 e. The SMILES string of the molecule is CCn1nc(C)c(-c2cccc3c2CCN3)c1C. The van der Waals surface area contributed by atoms with Crippen molar-refractivity contribution < 1.29 is 0 Å². The lowest BCUT2D eigenvalue weighted by atomic mass is 9.96. The molecule has 0 aliphatic carbocycles. The third-order valence-electron chi connectivity index (χ3n) is 3.82. The molecule has 1 N–H and O–H groups in total. The summed E-state index contributed by atoms with van der Waals surface area (Å²) in [5.74, 6) is 0. The Morgan fingerprint density at radius 3 is 2.89 bits per heavy atom. The molecule has 0 atom stereocenters. The van der Waals surface area contributed by atoms with Crippen molar-refractivity contribution in [2.75, 3.05) is 11.9 Å². The fraction of sp³-hybridized carbons (Fsp3) is 0.400. The fourth-order valence-electron chi connectivity index (χ4n) is 2.97. The molecule has 3 heteroatoms. The Morgan fingerprint density at radius 1 is 1.33 bits per heavy atom. The lowest BCUT2D eigenvalue weighted by Crippen LogP contribution is -1.98. The van der Waals surface area contributed by atoms with Crippen LogP contribution in [0.3, 0.4) is 0 Å². The van der Waals surface area contributed by atoms with Crippen molar-refractivity contribution in [3.63, 3.8) is 0 Å². The number of nitrogens with zero attached hydrogens (tertiary/aromatic N) is 2. The van der Waals surface area contributed by atoms with Gasteiger partial charge in [-0.3, -0.25) is 4.68 Å². The van der Waals surface area contributed by atoms with E-state index in [0.29, 0.717) is 0 Å². The Hall–Kier alpha value is -1.77. The fourth-order valence-corrected chi connectivity index (χ4v) is 2.97. The number of rotatable bonds is 2. The van der Waals surface area contributed by atoms with Crippen LogP contribution in [-0.2, 0) is 13.0 Å². The van der Waals surface area contributed by atoms with Crippen molar-refractivity contribution >= 4 is 5.69 Å². The first-order valence-electron chi connectivity index (χ1n) is 6.62. The van der Waals surface area contributed by atoms with Crippen LogP contribution in [0.5, 0.6) is 0 Å². The number of benzene rings is 1. The number of aryl methyl sites for hydroxylation is 2. The van der Waals surface area contributed by atoms with E-state index in [1.807, 2.05) is 0 Å². The Morgan fingerprint density at radius 2 is 2.17 bits per heavy atom. The number of aromatic nitrogens is 2. The summed E-state index contributed by atoms with van der Waals surface area (Å²) in [6.45, 7) is 8.39. The van der Waals surface area contributed by atoms with Crippen molar-refractivity contribution in [1.82, 2.24) is 9.78 Å². The zero-order chi connectivity index (χ0) is 12.7. The average molecular weight is 241 g/mol. The lowest BCUT2D eigenvalue weighted by Gasteiger charge is -2.09. The van der Waals surface area contributed by atoms with E-state index in [9.17, 15) is 0 Å². The highest BCUT2D eigenvalue weighted by Gasteiger charge is 2.19. The van der Waals surface area contributed by atoms with Crippen LogP contribution in [0.2, 0.25) is 0 Å². The number of hydrogen-bond donors (Lipinski definition) is 1. The predicted molar refractivity (Wildman–Crippen MR) is 75.0 cm³/mol. The van der Waals surface area contributed by atoms with Gasteiger partial charge in [-0.15, -0.1) is 0 Å². The van der Waals surface area contributed by atoms with Crippen molar-refractivity contribution in [3.8, 4) is 11.1 Å². The molecule has 1 aromatic carbocycles. The van der Waals surface area contributed by atoms with Crippen molar-refractivity contribution in [2.24, 2.45) is 0 Å². The maximum Gasteiger partial charge on any atom is 0.0675 e. The molecule has 1 aromatic heterocycles. The summed E-state index contributed by atoms with van der Waals surface area (Å²) in [6.07, 6.45) is 1.11. The highest BCUT2D eigenvalue weighted by Crippen LogP contribution is 2.35. The third-order valence-corrected chi connectivity index (χ3v) is 3.82. The van der Waals surface area contributed by atoms with Gasteiger partial charge in [0.1, 0.15) is 0 Å². The zero-order valence-corrected chi connectivity index (χ0v) is 11.2. The van der Waals surface area contributed by atoms with Crippen LogP contribution in [0.1, 0.15) is 23.9 Å².